The molecule has 2 saturated heterocycles. The summed E-state index contributed by atoms with van der Waals surface area (Å²) in [6.45, 7) is 4.91. The lowest BCUT2D eigenvalue weighted by Gasteiger charge is -2.34. The van der Waals surface area contributed by atoms with Crippen LogP contribution in [-0.2, 0) is 14.8 Å². The molecule has 0 spiro atoms. The molecule has 1 aromatic heterocycles. The molecule has 2 aliphatic rings. The van der Waals surface area contributed by atoms with E-state index in [1.807, 2.05) is 6.07 Å². The molecule has 0 unspecified atom stereocenters. The number of hydrogen-bond acceptors (Lipinski definition) is 5. The number of rotatable bonds is 3. The van der Waals surface area contributed by atoms with Gasteiger partial charge in [-0.3, -0.25) is 0 Å². The summed E-state index contributed by atoms with van der Waals surface area (Å²) in [7, 11) is -3.45. The van der Waals surface area contributed by atoms with E-state index in [2.05, 4.69) is 16.8 Å². The van der Waals surface area contributed by atoms with Crippen LogP contribution in [0.4, 0.5) is 5.82 Å². The summed E-state index contributed by atoms with van der Waals surface area (Å²) in [5, 5.41) is 0. The molecule has 0 aromatic carbocycles. The minimum Gasteiger partial charge on any atom is -0.379 e. The molecule has 1 aromatic rings. The molecule has 3 rings (SSSR count). The Kier molecular flexibility index (Phi) is 4.65. The molecule has 6 nitrogen and oxygen atoms in total. The maximum Gasteiger partial charge on any atom is 0.244 e. The molecule has 0 radical (unpaired) electrons. The molecule has 0 amide bonds. The smallest absolute Gasteiger partial charge is 0.244 e. The Morgan fingerprint density at radius 2 is 1.95 bits per heavy atom. The fourth-order valence-electron chi connectivity index (χ4n) is 3.07. The molecule has 2 aliphatic heterocycles. The van der Waals surface area contributed by atoms with Gasteiger partial charge in [0, 0.05) is 31.9 Å². The zero-order valence-corrected chi connectivity index (χ0v) is 13.8. The summed E-state index contributed by atoms with van der Waals surface area (Å²) < 4.78 is 31.8. The van der Waals surface area contributed by atoms with Gasteiger partial charge in [0.25, 0.3) is 0 Å². The van der Waals surface area contributed by atoms with Gasteiger partial charge in [0.05, 0.1) is 13.2 Å². The maximum absolute atomic E-state index is 12.6. The number of anilines is 1. The molecule has 0 saturated carbocycles. The molecule has 122 valence electrons. The highest BCUT2D eigenvalue weighted by atomic mass is 32.2. The van der Waals surface area contributed by atoms with Crippen molar-refractivity contribution in [2.45, 2.75) is 37.1 Å². The highest BCUT2D eigenvalue weighted by molar-refractivity contribution is 7.89. The van der Waals surface area contributed by atoms with E-state index >= 15 is 0 Å². The Bertz CT molecular complexity index is 597. The Morgan fingerprint density at radius 3 is 2.59 bits per heavy atom. The zero-order chi connectivity index (χ0) is 15.6. The second kappa shape index (κ2) is 6.52. The van der Waals surface area contributed by atoms with Crippen LogP contribution in [0.3, 0.4) is 0 Å². The van der Waals surface area contributed by atoms with Crippen molar-refractivity contribution in [1.29, 1.82) is 0 Å². The zero-order valence-electron chi connectivity index (χ0n) is 12.9. The average molecular weight is 325 g/mol. The van der Waals surface area contributed by atoms with Gasteiger partial charge in [-0.05, 0) is 38.3 Å². The molecule has 2 fully saturated rings. The molecule has 0 aliphatic carbocycles. The first-order valence-corrected chi connectivity index (χ1v) is 9.33. The van der Waals surface area contributed by atoms with Gasteiger partial charge in [-0.15, -0.1) is 0 Å². The van der Waals surface area contributed by atoms with E-state index in [1.54, 1.807) is 6.07 Å². The van der Waals surface area contributed by atoms with Gasteiger partial charge in [-0.1, -0.05) is 0 Å². The Hall–Kier alpha value is -1.18. The minimum absolute atomic E-state index is 0.266. The number of nitrogens with zero attached hydrogens (tertiary/aromatic N) is 3. The van der Waals surface area contributed by atoms with Gasteiger partial charge < -0.3 is 9.64 Å². The molecule has 7 heteroatoms. The predicted octanol–water partition coefficient (Wildman–Crippen LogP) is 1.48. The van der Waals surface area contributed by atoms with E-state index in [-0.39, 0.29) is 4.90 Å². The summed E-state index contributed by atoms with van der Waals surface area (Å²) in [6, 6.07) is 3.96. The highest BCUT2D eigenvalue weighted by Crippen LogP contribution is 2.24. The lowest BCUT2D eigenvalue weighted by atomic mass is 10.0. The lowest BCUT2D eigenvalue weighted by Crippen LogP contribution is -2.40. The number of hydrogen-bond donors (Lipinski definition) is 0. The van der Waals surface area contributed by atoms with Crippen molar-refractivity contribution in [2.24, 2.45) is 0 Å². The van der Waals surface area contributed by atoms with Crippen LogP contribution in [-0.4, -0.2) is 56.6 Å². The molecular weight excluding hydrogens is 302 g/mol. The molecule has 22 heavy (non-hydrogen) atoms. The van der Waals surface area contributed by atoms with Crippen molar-refractivity contribution in [1.82, 2.24) is 9.29 Å². The molecule has 0 bridgehead atoms. The maximum atomic E-state index is 12.6. The van der Waals surface area contributed by atoms with Crippen molar-refractivity contribution in [3.8, 4) is 0 Å². The van der Waals surface area contributed by atoms with Gasteiger partial charge in [0.2, 0.25) is 10.0 Å². The lowest BCUT2D eigenvalue weighted by molar-refractivity contribution is 0.0730. The number of piperidine rings is 1. The number of ether oxygens (including phenoxy) is 1. The van der Waals surface area contributed by atoms with E-state index in [9.17, 15) is 8.42 Å². The SMILES string of the molecule is C[C@H]1CCCCN1c1ccc(S(=O)(=O)N2CCOCC2)cn1. The third kappa shape index (κ3) is 3.11. The van der Waals surface area contributed by atoms with Gasteiger partial charge in [0.15, 0.2) is 0 Å². The first-order chi connectivity index (χ1) is 10.6. The summed E-state index contributed by atoms with van der Waals surface area (Å²) in [4.78, 5) is 6.93. The van der Waals surface area contributed by atoms with Crippen LogP contribution in [0.15, 0.2) is 23.2 Å². The fourth-order valence-corrected chi connectivity index (χ4v) is 4.42. The summed E-state index contributed by atoms with van der Waals surface area (Å²) in [5.74, 6) is 0.869. The van der Waals surface area contributed by atoms with E-state index in [1.165, 1.54) is 23.3 Å². The third-order valence-electron chi connectivity index (χ3n) is 4.43. The number of aromatic nitrogens is 1. The van der Waals surface area contributed by atoms with Crippen LogP contribution in [0.5, 0.6) is 0 Å². The number of sulfonamides is 1. The van der Waals surface area contributed by atoms with Crippen molar-refractivity contribution in [2.75, 3.05) is 37.7 Å². The van der Waals surface area contributed by atoms with Crippen molar-refractivity contribution >= 4 is 15.8 Å². The molecule has 3 heterocycles. The highest BCUT2D eigenvalue weighted by Gasteiger charge is 2.27. The first-order valence-electron chi connectivity index (χ1n) is 7.89. The topological polar surface area (TPSA) is 62.7 Å². The van der Waals surface area contributed by atoms with E-state index in [0.29, 0.717) is 32.3 Å². The van der Waals surface area contributed by atoms with E-state index in [4.69, 9.17) is 4.74 Å². The van der Waals surface area contributed by atoms with Gasteiger partial charge in [-0.2, -0.15) is 4.31 Å². The monoisotopic (exact) mass is 325 g/mol. The standard InChI is InChI=1S/C15H23N3O3S/c1-13-4-2-3-7-18(13)15-6-5-14(12-16-15)22(19,20)17-8-10-21-11-9-17/h5-6,12-13H,2-4,7-11H2,1H3/t13-/m0/s1. The van der Waals surface area contributed by atoms with Gasteiger partial charge >= 0.3 is 0 Å². The summed E-state index contributed by atoms with van der Waals surface area (Å²) in [5.41, 5.74) is 0. The van der Waals surface area contributed by atoms with Crippen molar-refractivity contribution in [3.63, 3.8) is 0 Å². The van der Waals surface area contributed by atoms with Gasteiger partial charge in [-0.25, -0.2) is 13.4 Å². The van der Waals surface area contributed by atoms with Crippen LogP contribution in [0, 0.1) is 0 Å². The van der Waals surface area contributed by atoms with Crippen molar-refractivity contribution in [3.05, 3.63) is 18.3 Å². The molecule has 0 N–H and O–H groups in total. The van der Waals surface area contributed by atoms with Gasteiger partial charge in [0.1, 0.15) is 10.7 Å². The molecule has 1 atom stereocenters. The van der Waals surface area contributed by atoms with E-state index in [0.717, 1.165) is 18.8 Å². The largest absolute Gasteiger partial charge is 0.379 e. The van der Waals surface area contributed by atoms with E-state index < -0.39 is 10.0 Å². The summed E-state index contributed by atoms with van der Waals surface area (Å²) in [6.07, 6.45) is 5.07. The fraction of sp³-hybridized carbons (Fsp3) is 0.667. The van der Waals surface area contributed by atoms with Crippen LogP contribution < -0.4 is 4.90 Å². The average Bonchev–Trinajstić information content (AvgIpc) is 2.56. The van der Waals surface area contributed by atoms with Crippen LogP contribution in [0.2, 0.25) is 0 Å². The third-order valence-corrected chi connectivity index (χ3v) is 6.31. The molecular formula is C15H23N3O3S. The van der Waals surface area contributed by atoms with Crippen LogP contribution >= 0.6 is 0 Å². The van der Waals surface area contributed by atoms with Crippen LogP contribution in [0.1, 0.15) is 26.2 Å². The number of pyridine rings is 1. The Morgan fingerprint density at radius 1 is 1.18 bits per heavy atom. The number of morpholine rings is 1. The quantitative estimate of drug-likeness (QED) is 0.842. The second-order valence-corrected chi connectivity index (χ2v) is 7.84. The normalized spacial score (nSPS) is 24.4. The van der Waals surface area contributed by atoms with Crippen molar-refractivity contribution < 1.29 is 13.2 Å². The second-order valence-electron chi connectivity index (χ2n) is 5.91. The van der Waals surface area contributed by atoms with Crippen LogP contribution in [0.25, 0.3) is 0 Å². The Labute approximate surface area is 132 Å². The first kappa shape index (κ1) is 15.7. The summed E-state index contributed by atoms with van der Waals surface area (Å²) >= 11 is 0. The Balaban J connectivity index is 1.78. The minimum atomic E-state index is -3.45. The predicted molar refractivity (Wildman–Crippen MR) is 84.5 cm³/mol.